The molecule has 2 heterocycles. The summed E-state index contributed by atoms with van der Waals surface area (Å²) in [6.45, 7) is 4.01. The molecule has 0 unspecified atom stereocenters. The number of benzene rings is 4. The van der Waals surface area contributed by atoms with Gasteiger partial charge in [0, 0.05) is 15.1 Å². The normalized spacial score (nSPS) is 14.8. The van der Waals surface area contributed by atoms with Crippen molar-refractivity contribution < 1.29 is 14.3 Å². The van der Waals surface area contributed by atoms with Crippen molar-refractivity contribution in [2.24, 2.45) is 4.99 Å². The predicted octanol–water partition coefficient (Wildman–Crippen LogP) is 7.71. The van der Waals surface area contributed by atoms with Gasteiger partial charge in [0.2, 0.25) is 0 Å². The summed E-state index contributed by atoms with van der Waals surface area (Å²) < 4.78 is 15.3. The molecule has 5 aromatic rings. The van der Waals surface area contributed by atoms with Crippen LogP contribution in [0.3, 0.4) is 0 Å². The quantitative estimate of drug-likeness (QED) is 0.160. The van der Waals surface area contributed by atoms with Crippen LogP contribution in [0.25, 0.3) is 16.8 Å². The van der Waals surface area contributed by atoms with E-state index in [4.69, 9.17) is 21.1 Å². The molecule has 0 N–H and O–H groups in total. The highest BCUT2D eigenvalue weighted by molar-refractivity contribution is 9.11. The molecule has 1 aliphatic rings. The van der Waals surface area contributed by atoms with Crippen molar-refractivity contribution in [3.8, 4) is 5.75 Å². The van der Waals surface area contributed by atoms with Gasteiger partial charge >= 0.3 is 5.97 Å². The SMILES string of the molecule is CCOC(=O)C1=C(C)N=c2s/c(=C\c3cc(Br)cc(Br)c3OCc3cccc4ccccc34)c(=O)n2[C@@H]1c1ccccc1Cl. The maximum atomic E-state index is 14.2. The lowest BCUT2D eigenvalue weighted by Gasteiger charge is -2.25. The van der Waals surface area contributed by atoms with Gasteiger partial charge in [-0.05, 0) is 76.0 Å². The van der Waals surface area contributed by atoms with Gasteiger partial charge in [-0.3, -0.25) is 9.36 Å². The van der Waals surface area contributed by atoms with Gasteiger partial charge in [0.1, 0.15) is 18.4 Å². The van der Waals surface area contributed by atoms with Crippen LogP contribution >= 0.6 is 54.8 Å². The fraction of sp³-hybridized carbons (Fsp3) is 0.147. The average Bonchev–Trinajstić information content (AvgIpc) is 3.30. The topological polar surface area (TPSA) is 69.9 Å². The molecule has 0 aliphatic carbocycles. The van der Waals surface area contributed by atoms with Gasteiger partial charge in [-0.2, -0.15) is 0 Å². The lowest BCUT2D eigenvalue weighted by Crippen LogP contribution is -2.40. The highest BCUT2D eigenvalue weighted by atomic mass is 79.9. The first-order valence-corrected chi connectivity index (χ1v) is 16.6. The number of ether oxygens (including phenoxy) is 2. The van der Waals surface area contributed by atoms with Crippen LogP contribution in [0.15, 0.2) is 109 Å². The molecule has 10 heteroatoms. The number of allylic oxidation sites excluding steroid dienone is 1. The van der Waals surface area contributed by atoms with E-state index in [0.29, 0.717) is 43.5 Å². The summed E-state index contributed by atoms with van der Waals surface area (Å²) in [5.74, 6) is 0.0611. The Bertz CT molecular complexity index is 2150. The number of nitrogens with zero attached hydrogens (tertiary/aromatic N) is 2. The van der Waals surface area contributed by atoms with Crippen LogP contribution < -0.4 is 19.6 Å². The van der Waals surface area contributed by atoms with E-state index in [1.165, 1.54) is 15.9 Å². The van der Waals surface area contributed by atoms with E-state index in [0.717, 1.165) is 25.3 Å². The van der Waals surface area contributed by atoms with Crippen molar-refractivity contribution in [2.45, 2.75) is 26.5 Å². The Balaban J connectivity index is 1.48. The molecule has 4 aromatic carbocycles. The number of carbonyl (C=O) groups excluding carboxylic acids is 1. The molecule has 0 saturated carbocycles. The van der Waals surface area contributed by atoms with Crippen LogP contribution in [0.2, 0.25) is 5.02 Å². The van der Waals surface area contributed by atoms with Gasteiger partial charge in [-0.15, -0.1) is 0 Å². The highest BCUT2D eigenvalue weighted by Crippen LogP contribution is 2.36. The molecule has 0 bridgehead atoms. The average molecular weight is 753 g/mol. The number of halogens is 3. The van der Waals surface area contributed by atoms with E-state index >= 15 is 0 Å². The molecule has 1 aromatic heterocycles. The molecule has 44 heavy (non-hydrogen) atoms. The summed E-state index contributed by atoms with van der Waals surface area (Å²) in [6.07, 6.45) is 1.80. The van der Waals surface area contributed by atoms with E-state index < -0.39 is 12.0 Å². The van der Waals surface area contributed by atoms with Crippen molar-refractivity contribution in [2.75, 3.05) is 6.61 Å². The molecule has 6 nitrogen and oxygen atoms in total. The van der Waals surface area contributed by atoms with Crippen LogP contribution in [-0.2, 0) is 16.1 Å². The lowest BCUT2D eigenvalue weighted by atomic mass is 9.96. The minimum atomic E-state index is -0.794. The molecular formula is C34H25Br2ClN2O4S. The molecule has 0 radical (unpaired) electrons. The Morgan fingerprint density at radius 3 is 2.61 bits per heavy atom. The minimum Gasteiger partial charge on any atom is -0.487 e. The number of hydrogen-bond acceptors (Lipinski definition) is 6. The molecule has 0 spiro atoms. The van der Waals surface area contributed by atoms with E-state index in [1.54, 1.807) is 32.1 Å². The lowest BCUT2D eigenvalue weighted by molar-refractivity contribution is -0.139. The smallest absolute Gasteiger partial charge is 0.338 e. The third-order valence-corrected chi connectivity index (χ3v) is 9.67. The Morgan fingerprint density at radius 2 is 1.82 bits per heavy atom. The maximum absolute atomic E-state index is 14.2. The van der Waals surface area contributed by atoms with E-state index in [-0.39, 0.29) is 17.7 Å². The molecule has 222 valence electrons. The monoisotopic (exact) mass is 750 g/mol. The second kappa shape index (κ2) is 12.9. The van der Waals surface area contributed by atoms with Gasteiger partial charge in [0.25, 0.3) is 5.56 Å². The first kappa shape index (κ1) is 30.5. The van der Waals surface area contributed by atoms with Crippen LogP contribution in [0.5, 0.6) is 5.75 Å². The molecular weight excluding hydrogens is 728 g/mol. The van der Waals surface area contributed by atoms with Gasteiger partial charge in [-0.1, -0.05) is 99.5 Å². The van der Waals surface area contributed by atoms with Crippen molar-refractivity contribution >= 4 is 77.6 Å². The number of aromatic nitrogens is 1. The molecule has 0 fully saturated rings. The number of carbonyl (C=O) groups is 1. The zero-order chi connectivity index (χ0) is 31.0. The summed E-state index contributed by atoms with van der Waals surface area (Å²) in [4.78, 5) is 32.5. The molecule has 1 atom stereocenters. The second-order valence-electron chi connectivity index (χ2n) is 10.1. The zero-order valence-corrected chi connectivity index (χ0v) is 28.4. The number of esters is 1. The van der Waals surface area contributed by atoms with Gasteiger partial charge in [0.15, 0.2) is 4.80 Å². The Kier molecular flexibility index (Phi) is 8.91. The van der Waals surface area contributed by atoms with Crippen LogP contribution in [-0.4, -0.2) is 17.1 Å². The zero-order valence-electron chi connectivity index (χ0n) is 23.6. The highest BCUT2D eigenvalue weighted by Gasteiger charge is 2.34. The Morgan fingerprint density at radius 1 is 1.07 bits per heavy atom. The van der Waals surface area contributed by atoms with Crippen LogP contribution in [0.1, 0.15) is 36.6 Å². The number of fused-ring (bicyclic) bond motifs is 2. The summed E-state index contributed by atoms with van der Waals surface area (Å²) >= 11 is 15.1. The molecule has 6 rings (SSSR count). The predicted molar refractivity (Wildman–Crippen MR) is 182 cm³/mol. The summed E-state index contributed by atoms with van der Waals surface area (Å²) in [5, 5.41) is 2.68. The third-order valence-electron chi connectivity index (χ3n) is 7.29. The first-order chi connectivity index (χ1) is 21.3. The summed E-state index contributed by atoms with van der Waals surface area (Å²) in [6, 6.07) is 24.5. The Hall–Kier alpha value is -3.50. The minimum absolute atomic E-state index is 0.189. The number of rotatable bonds is 7. The van der Waals surface area contributed by atoms with Gasteiger partial charge < -0.3 is 9.47 Å². The largest absolute Gasteiger partial charge is 0.487 e. The molecule has 0 amide bonds. The van der Waals surface area contributed by atoms with Gasteiger partial charge in [0.05, 0.1) is 26.9 Å². The van der Waals surface area contributed by atoms with E-state index in [1.807, 2.05) is 48.5 Å². The summed E-state index contributed by atoms with van der Waals surface area (Å²) in [7, 11) is 0. The maximum Gasteiger partial charge on any atom is 0.338 e. The Labute approximate surface area is 279 Å². The molecule has 1 aliphatic heterocycles. The number of thiazole rings is 1. The fourth-order valence-corrected chi connectivity index (χ4v) is 7.98. The van der Waals surface area contributed by atoms with Crippen molar-refractivity contribution in [1.29, 1.82) is 0 Å². The summed E-state index contributed by atoms with van der Waals surface area (Å²) in [5.41, 5.74) is 2.82. The van der Waals surface area contributed by atoms with Crippen LogP contribution in [0, 0.1) is 0 Å². The van der Waals surface area contributed by atoms with E-state index in [2.05, 4.69) is 55.1 Å². The second-order valence-corrected chi connectivity index (χ2v) is 13.2. The fourth-order valence-electron chi connectivity index (χ4n) is 5.33. The standard InChI is InChI=1S/C34H25Br2ClN2O4S/c1-3-42-33(41)29-19(2)38-34-39(30(29)25-13-6-7-14-27(25)37)32(40)28(44-34)16-22-15-23(35)17-26(36)31(22)43-18-21-11-8-10-20-9-4-5-12-24(20)21/h4-17,30H,3,18H2,1-2H3/b28-16-/t30-/m1/s1. The van der Waals surface area contributed by atoms with Crippen molar-refractivity contribution in [1.82, 2.24) is 4.57 Å². The van der Waals surface area contributed by atoms with Crippen molar-refractivity contribution in [3.05, 3.63) is 140 Å². The van der Waals surface area contributed by atoms with Gasteiger partial charge in [-0.25, -0.2) is 9.79 Å². The van der Waals surface area contributed by atoms with Crippen LogP contribution in [0.4, 0.5) is 0 Å². The first-order valence-electron chi connectivity index (χ1n) is 13.8. The van der Waals surface area contributed by atoms with E-state index in [9.17, 15) is 9.59 Å². The number of hydrogen-bond donors (Lipinski definition) is 0. The van der Waals surface area contributed by atoms with Crippen molar-refractivity contribution in [3.63, 3.8) is 0 Å². The third kappa shape index (κ3) is 5.81. The molecule has 0 saturated heterocycles.